The molecule has 7 heteroatoms. The van der Waals surface area contributed by atoms with E-state index in [1.165, 1.54) is 37.4 Å². The van der Waals surface area contributed by atoms with Crippen LogP contribution in [0.15, 0.2) is 5.16 Å². The highest BCUT2D eigenvalue weighted by molar-refractivity contribution is 7.99. The Morgan fingerprint density at radius 2 is 2.14 bits per heavy atom. The molecule has 118 valence electrons. The first kappa shape index (κ1) is 16.3. The first-order valence-corrected chi connectivity index (χ1v) is 8.97. The zero-order valence-corrected chi connectivity index (χ0v) is 13.6. The van der Waals surface area contributed by atoms with Crippen LogP contribution in [0.2, 0.25) is 0 Å². The summed E-state index contributed by atoms with van der Waals surface area (Å²) in [6, 6.07) is 0.406. The van der Waals surface area contributed by atoms with E-state index in [0.717, 1.165) is 37.4 Å². The lowest BCUT2D eigenvalue weighted by Crippen LogP contribution is -2.26. The fourth-order valence-electron chi connectivity index (χ4n) is 2.62. The third-order valence-electron chi connectivity index (χ3n) is 3.82. The number of tetrazole rings is 1. The number of aromatic nitrogens is 4. The van der Waals surface area contributed by atoms with Gasteiger partial charge in [-0.1, -0.05) is 50.8 Å². The predicted molar refractivity (Wildman–Crippen MR) is 83.2 cm³/mol. The molecule has 0 unspecified atom stereocenters. The van der Waals surface area contributed by atoms with Crippen LogP contribution in [0.25, 0.3) is 0 Å². The molecule has 1 aromatic heterocycles. The second-order valence-electron chi connectivity index (χ2n) is 5.54. The van der Waals surface area contributed by atoms with Crippen LogP contribution in [0.4, 0.5) is 0 Å². The molecule has 1 heterocycles. The van der Waals surface area contributed by atoms with Crippen molar-refractivity contribution in [1.82, 2.24) is 25.5 Å². The molecule has 0 atom stereocenters. The summed E-state index contributed by atoms with van der Waals surface area (Å²) >= 11 is 1.43. The minimum Gasteiger partial charge on any atom is -0.355 e. The van der Waals surface area contributed by atoms with Crippen LogP contribution >= 0.6 is 11.8 Å². The number of carbonyl (C=O) groups excluding carboxylic acids is 1. The molecule has 1 saturated carbocycles. The first-order valence-electron chi connectivity index (χ1n) is 7.98. The molecule has 1 amide bonds. The van der Waals surface area contributed by atoms with E-state index in [4.69, 9.17) is 0 Å². The number of nitrogens with zero attached hydrogens (tertiary/aromatic N) is 4. The maximum Gasteiger partial charge on any atom is 0.230 e. The molecule has 0 spiro atoms. The molecule has 0 saturated heterocycles. The van der Waals surface area contributed by atoms with Crippen molar-refractivity contribution in [2.45, 2.75) is 69.5 Å². The smallest absolute Gasteiger partial charge is 0.230 e. The zero-order valence-electron chi connectivity index (χ0n) is 12.8. The highest BCUT2D eigenvalue weighted by Crippen LogP contribution is 2.29. The number of hydrogen-bond donors (Lipinski definition) is 1. The van der Waals surface area contributed by atoms with Crippen molar-refractivity contribution in [2.75, 3.05) is 12.3 Å². The molecule has 1 N–H and O–H groups in total. The number of unbranched alkanes of at least 4 members (excludes halogenated alkanes) is 2. The second-order valence-corrected chi connectivity index (χ2v) is 6.49. The molecule has 1 aromatic rings. The van der Waals surface area contributed by atoms with Gasteiger partial charge in [0.15, 0.2) is 0 Å². The van der Waals surface area contributed by atoms with Crippen molar-refractivity contribution in [3.05, 3.63) is 0 Å². The van der Waals surface area contributed by atoms with E-state index >= 15 is 0 Å². The maximum absolute atomic E-state index is 11.8. The van der Waals surface area contributed by atoms with Crippen molar-refractivity contribution in [2.24, 2.45) is 0 Å². The van der Waals surface area contributed by atoms with Gasteiger partial charge < -0.3 is 5.32 Å². The van der Waals surface area contributed by atoms with Crippen molar-refractivity contribution in [1.29, 1.82) is 0 Å². The number of hydrogen-bond acceptors (Lipinski definition) is 5. The van der Waals surface area contributed by atoms with Gasteiger partial charge >= 0.3 is 0 Å². The number of thioether (sulfide) groups is 1. The maximum atomic E-state index is 11.8. The fraction of sp³-hybridized carbons (Fsp3) is 0.857. The van der Waals surface area contributed by atoms with E-state index in [2.05, 4.69) is 27.8 Å². The molecular formula is C14H25N5OS. The highest BCUT2D eigenvalue weighted by atomic mass is 32.2. The molecule has 1 aliphatic carbocycles. The molecule has 0 bridgehead atoms. The molecule has 1 fully saturated rings. The monoisotopic (exact) mass is 311 g/mol. The summed E-state index contributed by atoms with van der Waals surface area (Å²) in [5, 5.41) is 15.6. The number of nitrogens with one attached hydrogen (secondary N) is 1. The SMILES string of the molecule is CCCCCNC(=O)CSc1nnnn1C1CCCCC1. The summed E-state index contributed by atoms with van der Waals surface area (Å²) in [5.74, 6) is 0.452. The summed E-state index contributed by atoms with van der Waals surface area (Å²) in [6.07, 6.45) is 9.45. The molecule has 0 radical (unpaired) electrons. The molecule has 21 heavy (non-hydrogen) atoms. The summed E-state index contributed by atoms with van der Waals surface area (Å²) in [5.41, 5.74) is 0. The van der Waals surface area contributed by atoms with Gasteiger partial charge in [0.1, 0.15) is 0 Å². The summed E-state index contributed by atoms with van der Waals surface area (Å²) < 4.78 is 1.91. The first-order chi connectivity index (χ1) is 10.3. The molecule has 6 nitrogen and oxygen atoms in total. The topological polar surface area (TPSA) is 72.7 Å². The Kier molecular flexibility index (Phi) is 6.99. The Morgan fingerprint density at radius 1 is 1.33 bits per heavy atom. The zero-order chi connectivity index (χ0) is 14.9. The van der Waals surface area contributed by atoms with E-state index in [1.54, 1.807) is 0 Å². The largest absolute Gasteiger partial charge is 0.355 e. The molecule has 2 rings (SSSR count). The van der Waals surface area contributed by atoms with Crippen LogP contribution in [0, 0.1) is 0 Å². The van der Waals surface area contributed by atoms with Gasteiger partial charge in [-0.2, -0.15) is 0 Å². The summed E-state index contributed by atoms with van der Waals surface area (Å²) in [7, 11) is 0. The standard InChI is InChI=1S/C14H25N5OS/c1-2-3-7-10-15-13(20)11-21-14-16-17-18-19(14)12-8-5-4-6-9-12/h12H,2-11H2,1H3,(H,15,20). The van der Waals surface area contributed by atoms with Crippen LogP contribution in [0.1, 0.15) is 64.3 Å². The number of amides is 1. The predicted octanol–water partition coefficient (Wildman–Crippen LogP) is 2.58. The van der Waals surface area contributed by atoms with Crippen molar-refractivity contribution in [3.63, 3.8) is 0 Å². The van der Waals surface area contributed by atoms with Crippen molar-refractivity contribution < 1.29 is 4.79 Å². The van der Waals surface area contributed by atoms with Gasteiger partial charge in [0.25, 0.3) is 0 Å². The molecule has 0 aromatic carbocycles. The lowest BCUT2D eigenvalue weighted by Gasteiger charge is -2.21. The van der Waals surface area contributed by atoms with E-state index < -0.39 is 0 Å². The van der Waals surface area contributed by atoms with Crippen LogP contribution in [-0.4, -0.2) is 38.4 Å². The van der Waals surface area contributed by atoms with E-state index in [-0.39, 0.29) is 5.91 Å². The highest BCUT2D eigenvalue weighted by Gasteiger charge is 2.20. The van der Waals surface area contributed by atoms with Gasteiger partial charge in [0.2, 0.25) is 11.1 Å². The quantitative estimate of drug-likeness (QED) is 0.590. The Balaban J connectivity index is 1.75. The van der Waals surface area contributed by atoms with Gasteiger partial charge in [-0.25, -0.2) is 4.68 Å². The van der Waals surface area contributed by atoms with Gasteiger partial charge in [-0.05, 0) is 29.7 Å². The van der Waals surface area contributed by atoms with Crippen LogP contribution in [0.5, 0.6) is 0 Å². The number of rotatable bonds is 8. The third-order valence-corrected chi connectivity index (χ3v) is 4.75. The lowest BCUT2D eigenvalue weighted by atomic mass is 9.96. The van der Waals surface area contributed by atoms with Gasteiger partial charge in [0, 0.05) is 6.54 Å². The molecule has 0 aliphatic heterocycles. The third kappa shape index (κ3) is 5.30. The van der Waals surface area contributed by atoms with Gasteiger partial charge in [0.05, 0.1) is 11.8 Å². The van der Waals surface area contributed by atoms with Crippen LogP contribution in [-0.2, 0) is 4.79 Å². The van der Waals surface area contributed by atoms with Crippen molar-refractivity contribution in [3.8, 4) is 0 Å². The van der Waals surface area contributed by atoms with Crippen LogP contribution in [0.3, 0.4) is 0 Å². The average molecular weight is 311 g/mol. The second kappa shape index (κ2) is 9.02. The van der Waals surface area contributed by atoms with Gasteiger partial charge in [-0.15, -0.1) is 5.10 Å². The molecular weight excluding hydrogens is 286 g/mol. The van der Waals surface area contributed by atoms with E-state index in [9.17, 15) is 4.79 Å². The minimum absolute atomic E-state index is 0.0642. The summed E-state index contributed by atoms with van der Waals surface area (Å²) in [4.78, 5) is 11.8. The fourth-order valence-corrected chi connectivity index (χ4v) is 3.39. The lowest BCUT2D eigenvalue weighted by molar-refractivity contribution is -0.118. The average Bonchev–Trinajstić information content (AvgIpc) is 2.99. The minimum atomic E-state index is 0.0642. The molecule has 1 aliphatic rings. The van der Waals surface area contributed by atoms with Crippen LogP contribution < -0.4 is 5.32 Å². The summed E-state index contributed by atoms with van der Waals surface area (Å²) in [6.45, 7) is 2.92. The normalized spacial score (nSPS) is 16.0. The Morgan fingerprint density at radius 3 is 2.90 bits per heavy atom. The van der Waals surface area contributed by atoms with E-state index in [1.807, 2.05) is 4.68 Å². The van der Waals surface area contributed by atoms with Crippen molar-refractivity contribution >= 4 is 17.7 Å². The Hall–Kier alpha value is -1.11. The van der Waals surface area contributed by atoms with Gasteiger partial charge in [-0.3, -0.25) is 4.79 Å². The number of carbonyl (C=O) groups is 1. The van der Waals surface area contributed by atoms with E-state index in [0.29, 0.717) is 11.8 Å². The Bertz CT molecular complexity index is 431. The Labute approximate surface area is 130 Å².